The number of nitrogens with one attached hydrogen (secondary N) is 3. The van der Waals surface area contributed by atoms with Crippen molar-refractivity contribution in [3.63, 3.8) is 0 Å². The Hall–Kier alpha value is -2.63. The van der Waals surface area contributed by atoms with Crippen LogP contribution in [0.15, 0.2) is 36.9 Å². The number of rotatable bonds is 4. The van der Waals surface area contributed by atoms with Crippen LogP contribution in [0, 0.1) is 0 Å². The summed E-state index contributed by atoms with van der Waals surface area (Å²) in [7, 11) is 1.85. The second-order valence-electron chi connectivity index (χ2n) is 4.09. The van der Waals surface area contributed by atoms with Gasteiger partial charge in [0.2, 0.25) is 0 Å². The second-order valence-corrected chi connectivity index (χ2v) is 4.09. The first-order chi connectivity index (χ1) is 9.36. The lowest BCUT2D eigenvalue weighted by atomic mass is 10.2. The third-order valence-electron chi connectivity index (χ3n) is 2.89. The van der Waals surface area contributed by atoms with Crippen LogP contribution < -0.4 is 10.6 Å². The van der Waals surface area contributed by atoms with E-state index in [0.29, 0.717) is 6.54 Å². The fraction of sp³-hybridized carbons (Fsp3) is 0.154. The van der Waals surface area contributed by atoms with E-state index in [4.69, 9.17) is 0 Å². The molecule has 3 N–H and O–H groups in total. The van der Waals surface area contributed by atoms with E-state index in [-0.39, 0.29) is 0 Å². The Morgan fingerprint density at radius 2 is 2.16 bits per heavy atom. The minimum absolute atomic E-state index is 0.654. The SMILES string of the molecule is CNc1ncnc2ccc(NCc3ncc[nH]3)cc12. The lowest BCUT2D eigenvalue weighted by Crippen LogP contribution is -2.01. The van der Waals surface area contributed by atoms with Gasteiger partial charge in [-0.3, -0.25) is 0 Å². The fourth-order valence-corrected chi connectivity index (χ4v) is 1.95. The number of imidazole rings is 1. The minimum atomic E-state index is 0.654. The Morgan fingerprint density at radius 3 is 2.95 bits per heavy atom. The highest BCUT2D eigenvalue weighted by atomic mass is 15.0. The van der Waals surface area contributed by atoms with Crippen LogP contribution in [0.25, 0.3) is 10.9 Å². The van der Waals surface area contributed by atoms with Crippen molar-refractivity contribution in [2.45, 2.75) is 6.54 Å². The van der Waals surface area contributed by atoms with Crippen LogP contribution in [0.1, 0.15) is 5.82 Å². The van der Waals surface area contributed by atoms with Gasteiger partial charge in [0.1, 0.15) is 18.0 Å². The van der Waals surface area contributed by atoms with Crippen molar-refractivity contribution >= 4 is 22.4 Å². The van der Waals surface area contributed by atoms with Crippen molar-refractivity contribution in [3.05, 3.63) is 42.7 Å². The van der Waals surface area contributed by atoms with E-state index in [1.165, 1.54) is 0 Å². The van der Waals surface area contributed by atoms with E-state index in [2.05, 4.69) is 30.6 Å². The molecule has 0 saturated heterocycles. The normalized spacial score (nSPS) is 10.6. The van der Waals surface area contributed by atoms with Crippen molar-refractivity contribution in [2.24, 2.45) is 0 Å². The molecule has 0 amide bonds. The number of nitrogens with zero attached hydrogens (tertiary/aromatic N) is 3. The molecule has 6 nitrogen and oxygen atoms in total. The highest BCUT2D eigenvalue weighted by Crippen LogP contribution is 2.22. The average Bonchev–Trinajstić information content (AvgIpc) is 2.97. The molecule has 0 aliphatic rings. The summed E-state index contributed by atoms with van der Waals surface area (Å²) in [6.45, 7) is 0.654. The highest BCUT2D eigenvalue weighted by Gasteiger charge is 2.03. The Bertz CT molecular complexity index is 677. The Labute approximate surface area is 110 Å². The molecule has 0 spiro atoms. The molecule has 0 saturated carbocycles. The minimum Gasteiger partial charge on any atom is -0.378 e. The average molecular weight is 254 g/mol. The summed E-state index contributed by atoms with van der Waals surface area (Å²) in [5.74, 6) is 1.73. The van der Waals surface area contributed by atoms with Gasteiger partial charge in [0, 0.05) is 30.5 Å². The summed E-state index contributed by atoms with van der Waals surface area (Å²) >= 11 is 0. The zero-order valence-corrected chi connectivity index (χ0v) is 10.5. The van der Waals surface area contributed by atoms with Gasteiger partial charge in [0.25, 0.3) is 0 Å². The fourth-order valence-electron chi connectivity index (χ4n) is 1.95. The lowest BCUT2D eigenvalue weighted by Gasteiger charge is -2.08. The molecular weight excluding hydrogens is 240 g/mol. The number of H-pyrrole nitrogens is 1. The molecule has 0 radical (unpaired) electrons. The van der Waals surface area contributed by atoms with Gasteiger partial charge in [-0.15, -0.1) is 0 Å². The van der Waals surface area contributed by atoms with Gasteiger partial charge < -0.3 is 15.6 Å². The smallest absolute Gasteiger partial charge is 0.137 e. The summed E-state index contributed by atoms with van der Waals surface area (Å²) in [4.78, 5) is 15.7. The van der Waals surface area contributed by atoms with Gasteiger partial charge in [0.05, 0.1) is 12.1 Å². The topological polar surface area (TPSA) is 78.5 Å². The summed E-state index contributed by atoms with van der Waals surface area (Å²) in [5, 5.41) is 7.38. The molecule has 0 bridgehead atoms. The second kappa shape index (κ2) is 4.93. The molecule has 3 aromatic rings. The summed E-state index contributed by atoms with van der Waals surface area (Å²) in [6, 6.07) is 6.00. The molecule has 0 aliphatic heterocycles. The molecule has 2 heterocycles. The molecule has 1 aromatic carbocycles. The van der Waals surface area contributed by atoms with E-state index >= 15 is 0 Å². The van der Waals surface area contributed by atoms with Crippen molar-refractivity contribution in [1.29, 1.82) is 0 Å². The van der Waals surface area contributed by atoms with Crippen LogP contribution >= 0.6 is 0 Å². The predicted molar refractivity (Wildman–Crippen MR) is 75.0 cm³/mol. The zero-order valence-electron chi connectivity index (χ0n) is 10.5. The Kier molecular flexibility index (Phi) is 2.97. The van der Waals surface area contributed by atoms with Gasteiger partial charge in [-0.05, 0) is 18.2 Å². The van der Waals surface area contributed by atoms with E-state index in [1.807, 2.05) is 31.4 Å². The van der Waals surface area contributed by atoms with Crippen molar-refractivity contribution in [2.75, 3.05) is 17.7 Å². The largest absolute Gasteiger partial charge is 0.378 e. The molecule has 0 aliphatic carbocycles. The summed E-state index contributed by atoms with van der Waals surface area (Å²) < 4.78 is 0. The van der Waals surface area contributed by atoms with Gasteiger partial charge in [-0.2, -0.15) is 0 Å². The van der Waals surface area contributed by atoms with Crippen LogP contribution in [0.3, 0.4) is 0 Å². The molecular formula is C13H14N6. The molecule has 0 fully saturated rings. The maximum atomic E-state index is 4.24. The monoisotopic (exact) mass is 254 g/mol. The number of hydrogen-bond acceptors (Lipinski definition) is 5. The van der Waals surface area contributed by atoms with Crippen molar-refractivity contribution in [3.8, 4) is 0 Å². The number of aromatic nitrogens is 4. The third-order valence-corrected chi connectivity index (χ3v) is 2.89. The van der Waals surface area contributed by atoms with Gasteiger partial charge in [0.15, 0.2) is 0 Å². The highest BCUT2D eigenvalue weighted by molar-refractivity contribution is 5.91. The van der Waals surface area contributed by atoms with Crippen LogP contribution in [0.2, 0.25) is 0 Å². The molecule has 19 heavy (non-hydrogen) atoms. The van der Waals surface area contributed by atoms with Gasteiger partial charge >= 0.3 is 0 Å². The molecule has 3 rings (SSSR count). The van der Waals surface area contributed by atoms with E-state index in [1.54, 1.807) is 12.5 Å². The number of hydrogen-bond donors (Lipinski definition) is 3. The number of anilines is 2. The quantitative estimate of drug-likeness (QED) is 0.663. The van der Waals surface area contributed by atoms with E-state index in [0.717, 1.165) is 28.2 Å². The lowest BCUT2D eigenvalue weighted by molar-refractivity contribution is 1.00. The van der Waals surface area contributed by atoms with E-state index < -0.39 is 0 Å². The molecule has 0 atom stereocenters. The zero-order chi connectivity index (χ0) is 13.1. The maximum Gasteiger partial charge on any atom is 0.137 e. The molecule has 2 aromatic heterocycles. The Morgan fingerprint density at radius 1 is 1.21 bits per heavy atom. The molecule has 96 valence electrons. The number of fused-ring (bicyclic) bond motifs is 1. The summed E-state index contributed by atoms with van der Waals surface area (Å²) in [5.41, 5.74) is 1.93. The van der Waals surface area contributed by atoms with Crippen molar-refractivity contribution < 1.29 is 0 Å². The predicted octanol–water partition coefficient (Wildman–Crippen LogP) is 2.01. The van der Waals surface area contributed by atoms with Gasteiger partial charge in [-0.1, -0.05) is 0 Å². The number of aromatic amines is 1. The Balaban J connectivity index is 1.88. The first-order valence-corrected chi connectivity index (χ1v) is 6.01. The van der Waals surface area contributed by atoms with Crippen LogP contribution in [-0.4, -0.2) is 27.0 Å². The standard InChI is InChI=1S/C13H14N6/c1-14-13-10-6-9(2-3-11(10)18-8-19-13)17-7-12-15-4-5-16-12/h2-6,8,17H,7H2,1H3,(H,15,16)(H,14,18,19). The maximum absolute atomic E-state index is 4.24. The van der Waals surface area contributed by atoms with Crippen LogP contribution in [-0.2, 0) is 6.54 Å². The van der Waals surface area contributed by atoms with Crippen molar-refractivity contribution in [1.82, 2.24) is 19.9 Å². The molecule has 6 heteroatoms. The molecule has 0 unspecified atom stereocenters. The van der Waals surface area contributed by atoms with Crippen LogP contribution in [0.5, 0.6) is 0 Å². The number of benzene rings is 1. The van der Waals surface area contributed by atoms with Crippen LogP contribution in [0.4, 0.5) is 11.5 Å². The first-order valence-electron chi connectivity index (χ1n) is 6.01. The summed E-state index contributed by atoms with van der Waals surface area (Å²) in [6.07, 6.45) is 5.11. The van der Waals surface area contributed by atoms with E-state index in [9.17, 15) is 0 Å². The third kappa shape index (κ3) is 2.33. The first kappa shape index (κ1) is 11.5. The van der Waals surface area contributed by atoms with Gasteiger partial charge in [-0.25, -0.2) is 15.0 Å².